The lowest BCUT2D eigenvalue weighted by molar-refractivity contribution is -0.193. The Balaban J connectivity index is 0.000000271. The average Bonchev–Trinajstić information content (AvgIpc) is 3.51. The Kier molecular flexibility index (Phi) is 10.4. The smallest absolute Gasteiger partial charge is 0.475 e. The molecule has 3 saturated heterocycles. The minimum absolute atomic E-state index is 0.175. The van der Waals surface area contributed by atoms with E-state index >= 15 is 0 Å². The number of rotatable bonds is 3. The number of fused-ring (bicyclic) bond motifs is 1. The van der Waals surface area contributed by atoms with Gasteiger partial charge in [-0.25, -0.2) is 9.59 Å². The van der Waals surface area contributed by atoms with Gasteiger partial charge in [-0.05, 0) is 45.1 Å². The lowest BCUT2D eigenvalue weighted by Gasteiger charge is -2.39. The van der Waals surface area contributed by atoms with Crippen LogP contribution in [0.5, 0.6) is 0 Å². The Morgan fingerprint density at radius 3 is 1.75 bits per heavy atom. The highest BCUT2D eigenvalue weighted by molar-refractivity contribution is 5.81. The number of likely N-dealkylation sites (N-methyl/N-ethyl adjacent to an activating group) is 1. The number of amides is 1. The van der Waals surface area contributed by atoms with E-state index < -0.39 is 24.3 Å². The molecule has 0 aromatic rings. The van der Waals surface area contributed by atoms with Crippen molar-refractivity contribution in [1.29, 1.82) is 0 Å². The second-order valence-corrected chi connectivity index (χ2v) is 9.27. The summed E-state index contributed by atoms with van der Waals surface area (Å²) in [5.41, 5.74) is 0. The van der Waals surface area contributed by atoms with Gasteiger partial charge < -0.3 is 24.7 Å². The first-order valence-corrected chi connectivity index (χ1v) is 11.6. The average molecular weight is 535 g/mol. The highest BCUT2D eigenvalue weighted by Crippen LogP contribution is 2.36. The largest absolute Gasteiger partial charge is 0.490 e. The molecule has 3 aliphatic heterocycles. The predicted molar refractivity (Wildman–Crippen MR) is 112 cm³/mol. The molecule has 1 aliphatic carbocycles. The Morgan fingerprint density at radius 2 is 1.31 bits per heavy atom. The van der Waals surface area contributed by atoms with Gasteiger partial charge in [0.25, 0.3) is 5.91 Å². The van der Waals surface area contributed by atoms with Gasteiger partial charge in [0.1, 0.15) is 6.10 Å². The van der Waals surface area contributed by atoms with Gasteiger partial charge in [0.05, 0.1) is 6.10 Å². The standard InChI is InChI=1S/C17H29N3O2.2C2HF3O2/c1-18-8-10-19(11-9-18)17(21)16-5-4-14-15(22-16)6-7-20(14)12-13-2-3-13;2*3-2(4,5)1(6)7/h13-16H,2-12H2,1H3;2*(H,6,7)/t14-,15-,16-;;/m1../s1. The number of piperazine rings is 1. The van der Waals surface area contributed by atoms with Crippen molar-refractivity contribution in [3.8, 4) is 0 Å². The summed E-state index contributed by atoms with van der Waals surface area (Å²) in [5.74, 6) is -4.32. The number of likely N-dealkylation sites (tertiary alicyclic amines) is 1. The van der Waals surface area contributed by atoms with Crippen LogP contribution in [0.4, 0.5) is 26.3 Å². The summed E-state index contributed by atoms with van der Waals surface area (Å²) >= 11 is 0. The Morgan fingerprint density at radius 1 is 0.806 bits per heavy atom. The van der Waals surface area contributed by atoms with E-state index in [1.54, 1.807) is 0 Å². The molecule has 15 heteroatoms. The van der Waals surface area contributed by atoms with Crippen LogP contribution in [-0.4, -0.2) is 120 Å². The van der Waals surface area contributed by atoms with E-state index in [0.717, 1.165) is 51.4 Å². The first-order valence-electron chi connectivity index (χ1n) is 11.6. The van der Waals surface area contributed by atoms with E-state index in [0.29, 0.717) is 12.1 Å². The van der Waals surface area contributed by atoms with Gasteiger partial charge in [0.15, 0.2) is 0 Å². The molecule has 0 unspecified atom stereocenters. The first kappa shape index (κ1) is 30.1. The SMILES string of the molecule is CN1CCN(C(=O)[C@H]2CC[C@@H]3[C@@H](CCN3CC3CC3)O2)CC1.O=C(O)C(F)(F)F.O=C(O)C(F)(F)F. The lowest BCUT2D eigenvalue weighted by Crippen LogP contribution is -2.53. The van der Waals surface area contributed by atoms with Crippen LogP contribution in [0.25, 0.3) is 0 Å². The quantitative estimate of drug-likeness (QED) is 0.529. The van der Waals surface area contributed by atoms with Gasteiger partial charge in [-0.3, -0.25) is 9.69 Å². The summed E-state index contributed by atoms with van der Waals surface area (Å²) in [6, 6.07) is 0.581. The third-order valence-electron chi connectivity index (χ3n) is 6.43. The molecule has 0 aromatic heterocycles. The molecule has 0 aromatic carbocycles. The van der Waals surface area contributed by atoms with Crippen molar-refractivity contribution in [3.63, 3.8) is 0 Å². The maximum absolute atomic E-state index is 12.7. The zero-order chi connectivity index (χ0) is 27.3. The van der Waals surface area contributed by atoms with Crippen molar-refractivity contribution in [3.05, 3.63) is 0 Å². The summed E-state index contributed by atoms with van der Waals surface area (Å²) in [6.45, 7) is 6.12. The number of carbonyl (C=O) groups excluding carboxylic acids is 1. The van der Waals surface area contributed by atoms with Crippen molar-refractivity contribution in [2.75, 3.05) is 46.3 Å². The highest BCUT2D eigenvalue weighted by Gasteiger charge is 2.44. The topological polar surface area (TPSA) is 111 Å². The summed E-state index contributed by atoms with van der Waals surface area (Å²) in [5, 5.41) is 14.2. The van der Waals surface area contributed by atoms with Crippen LogP contribution in [0.1, 0.15) is 32.1 Å². The van der Waals surface area contributed by atoms with Crippen molar-refractivity contribution in [2.24, 2.45) is 5.92 Å². The number of carboxylic acid groups (broad SMARTS) is 2. The number of nitrogens with zero attached hydrogens (tertiary/aromatic N) is 3. The molecular weight excluding hydrogens is 504 g/mol. The zero-order valence-corrected chi connectivity index (χ0v) is 19.7. The van der Waals surface area contributed by atoms with Gasteiger partial charge in [0, 0.05) is 45.3 Å². The third-order valence-corrected chi connectivity index (χ3v) is 6.43. The molecule has 2 N–H and O–H groups in total. The molecular formula is C21H31F6N3O6. The molecule has 1 amide bonds. The Hall–Kier alpha value is -2.13. The molecule has 208 valence electrons. The molecule has 3 atom stereocenters. The zero-order valence-electron chi connectivity index (χ0n) is 19.7. The van der Waals surface area contributed by atoms with E-state index in [-0.39, 0.29) is 12.0 Å². The number of carbonyl (C=O) groups is 3. The molecule has 3 heterocycles. The van der Waals surface area contributed by atoms with Gasteiger partial charge in [0.2, 0.25) is 0 Å². The predicted octanol–water partition coefficient (Wildman–Crippen LogP) is 2.06. The van der Waals surface area contributed by atoms with Crippen molar-refractivity contribution in [2.45, 2.75) is 62.7 Å². The molecule has 0 radical (unpaired) electrons. The van der Waals surface area contributed by atoms with Gasteiger partial charge >= 0.3 is 24.3 Å². The fourth-order valence-electron chi connectivity index (χ4n) is 4.29. The van der Waals surface area contributed by atoms with Crippen LogP contribution >= 0.6 is 0 Å². The molecule has 0 spiro atoms. The van der Waals surface area contributed by atoms with Crippen molar-refractivity contribution >= 4 is 17.8 Å². The van der Waals surface area contributed by atoms with Crippen LogP contribution in [-0.2, 0) is 19.1 Å². The van der Waals surface area contributed by atoms with Gasteiger partial charge in [-0.15, -0.1) is 0 Å². The Labute approximate surface area is 203 Å². The number of hydrogen-bond donors (Lipinski definition) is 2. The fraction of sp³-hybridized carbons (Fsp3) is 0.857. The van der Waals surface area contributed by atoms with Crippen LogP contribution in [0, 0.1) is 5.92 Å². The van der Waals surface area contributed by atoms with Gasteiger partial charge in [-0.2, -0.15) is 26.3 Å². The van der Waals surface area contributed by atoms with E-state index in [9.17, 15) is 31.1 Å². The first-order chi connectivity index (χ1) is 16.6. The van der Waals surface area contributed by atoms with E-state index in [4.69, 9.17) is 24.5 Å². The molecule has 4 fully saturated rings. The van der Waals surface area contributed by atoms with E-state index in [1.165, 1.54) is 25.9 Å². The van der Waals surface area contributed by atoms with Crippen LogP contribution < -0.4 is 0 Å². The molecule has 1 saturated carbocycles. The maximum atomic E-state index is 12.7. The van der Waals surface area contributed by atoms with E-state index in [2.05, 4.69) is 16.8 Å². The van der Waals surface area contributed by atoms with Gasteiger partial charge in [-0.1, -0.05) is 0 Å². The van der Waals surface area contributed by atoms with Crippen molar-refractivity contribution in [1.82, 2.24) is 14.7 Å². The summed E-state index contributed by atoms with van der Waals surface area (Å²) in [7, 11) is 2.12. The lowest BCUT2D eigenvalue weighted by atomic mass is 9.98. The molecule has 36 heavy (non-hydrogen) atoms. The molecule has 9 nitrogen and oxygen atoms in total. The number of carboxylic acids is 2. The number of halogens is 6. The molecule has 4 rings (SSSR count). The number of aliphatic carboxylic acids is 2. The normalized spacial score (nSPS) is 27.2. The molecule has 0 bridgehead atoms. The third kappa shape index (κ3) is 9.39. The number of alkyl halides is 6. The summed E-state index contributed by atoms with van der Waals surface area (Å²) < 4.78 is 69.7. The maximum Gasteiger partial charge on any atom is 0.490 e. The van der Waals surface area contributed by atoms with Crippen LogP contribution in [0.2, 0.25) is 0 Å². The number of hydrogen-bond acceptors (Lipinski definition) is 6. The second-order valence-electron chi connectivity index (χ2n) is 9.27. The minimum atomic E-state index is -5.08. The monoisotopic (exact) mass is 535 g/mol. The fourth-order valence-corrected chi connectivity index (χ4v) is 4.29. The summed E-state index contributed by atoms with van der Waals surface area (Å²) in [6.07, 6.45) is -4.04. The Bertz CT molecular complexity index is 744. The van der Waals surface area contributed by atoms with Crippen LogP contribution in [0.15, 0.2) is 0 Å². The summed E-state index contributed by atoms with van der Waals surface area (Å²) in [4.78, 5) is 37.4. The van der Waals surface area contributed by atoms with E-state index in [1.807, 2.05) is 4.90 Å². The van der Waals surface area contributed by atoms with Crippen LogP contribution in [0.3, 0.4) is 0 Å². The second kappa shape index (κ2) is 12.4. The molecule has 4 aliphatic rings. The number of ether oxygens (including phenoxy) is 1. The highest BCUT2D eigenvalue weighted by atomic mass is 19.4. The van der Waals surface area contributed by atoms with Crippen molar-refractivity contribution < 1.29 is 55.7 Å². The minimum Gasteiger partial charge on any atom is -0.475 e.